The smallest absolute Gasteiger partial charge is 0.251 e. The molecule has 5 rings (SSSR count). The van der Waals surface area contributed by atoms with E-state index in [0.717, 1.165) is 57.2 Å². The molecule has 0 radical (unpaired) electrons. The van der Waals surface area contributed by atoms with E-state index in [9.17, 15) is 9.59 Å². The van der Waals surface area contributed by atoms with E-state index in [2.05, 4.69) is 24.1 Å². The Hall–Kier alpha value is -2.54. The van der Waals surface area contributed by atoms with Crippen LogP contribution in [0.15, 0.2) is 47.7 Å². The minimum Gasteiger partial charge on any atom is -0.490 e. The number of nitrogens with zero attached hydrogens (tertiary/aromatic N) is 1. The van der Waals surface area contributed by atoms with Crippen LogP contribution in [0.25, 0.3) is 0 Å². The van der Waals surface area contributed by atoms with Gasteiger partial charge in [0.05, 0.1) is 16.1 Å². The van der Waals surface area contributed by atoms with Crippen molar-refractivity contribution in [3.63, 3.8) is 0 Å². The number of halogens is 2. The van der Waals surface area contributed by atoms with Gasteiger partial charge in [-0.1, -0.05) is 29.3 Å². The number of ether oxygens (including phenoxy) is 2. The highest BCUT2D eigenvalue weighted by molar-refractivity contribution is 6.42. The van der Waals surface area contributed by atoms with Crippen LogP contribution in [0.4, 0.5) is 0 Å². The molecule has 2 fully saturated rings. The number of rotatable bonds is 9. The Morgan fingerprint density at radius 1 is 1.08 bits per heavy atom. The Morgan fingerprint density at radius 2 is 1.82 bits per heavy atom. The molecule has 2 aromatic carbocycles. The molecule has 1 amide bonds. The quantitative estimate of drug-likeness (QED) is 0.326. The summed E-state index contributed by atoms with van der Waals surface area (Å²) in [5.74, 6) is 2.00. The van der Waals surface area contributed by atoms with Gasteiger partial charge < -0.3 is 19.7 Å². The molecule has 6 nitrogen and oxygen atoms in total. The maximum absolute atomic E-state index is 13.1. The molecule has 2 unspecified atom stereocenters. The van der Waals surface area contributed by atoms with Crippen LogP contribution in [0, 0.1) is 5.92 Å². The predicted molar refractivity (Wildman–Crippen MR) is 154 cm³/mol. The van der Waals surface area contributed by atoms with Gasteiger partial charge in [0.15, 0.2) is 5.76 Å². The molecule has 2 heterocycles. The number of nitrogens with one attached hydrogen (secondary N) is 1. The third kappa shape index (κ3) is 6.45. The lowest BCUT2D eigenvalue weighted by molar-refractivity contribution is 0.0883. The maximum Gasteiger partial charge on any atom is 0.251 e. The molecule has 0 bridgehead atoms. The maximum atomic E-state index is 13.1. The summed E-state index contributed by atoms with van der Waals surface area (Å²) in [7, 11) is 0. The standard InChI is InChI=1S/C31H36Cl2N2O4/c1-18(35-15-13-23(14-16-35)34-31(37)22-11-12-24(32)25(33)17-22)7-8-19(2)38-26-5-4-6-27-28(26)29(36)30(39-27)20(3)21-9-10-21/h4-6,11-12,17-19,21,23H,7-10,13-16H2,1-3H3,(H,34,37). The van der Waals surface area contributed by atoms with Gasteiger partial charge in [0.1, 0.15) is 17.1 Å². The zero-order valence-electron chi connectivity index (χ0n) is 22.8. The first-order valence-corrected chi connectivity index (χ1v) is 14.7. The van der Waals surface area contributed by atoms with Gasteiger partial charge in [-0.15, -0.1) is 0 Å². The fourth-order valence-corrected chi connectivity index (χ4v) is 5.77. The molecular formula is C31H36Cl2N2O4. The number of benzene rings is 2. The lowest BCUT2D eigenvalue weighted by atomic mass is 10.0. The summed E-state index contributed by atoms with van der Waals surface area (Å²) in [5.41, 5.74) is 2.14. The molecule has 8 heteroatoms. The molecule has 0 aromatic heterocycles. The van der Waals surface area contributed by atoms with Crippen molar-refractivity contribution in [3.05, 3.63) is 68.9 Å². The van der Waals surface area contributed by atoms with Gasteiger partial charge in [0, 0.05) is 30.7 Å². The highest BCUT2D eigenvalue weighted by atomic mass is 35.5. The van der Waals surface area contributed by atoms with Crippen LogP contribution >= 0.6 is 23.2 Å². The van der Waals surface area contributed by atoms with Crippen LogP contribution in [-0.2, 0) is 0 Å². The first kappa shape index (κ1) is 28.0. The van der Waals surface area contributed by atoms with E-state index in [1.807, 2.05) is 25.1 Å². The first-order chi connectivity index (χ1) is 18.7. The normalized spacial score (nSPS) is 20.7. The minimum absolute atomic E-state index is 0.0349. The Labute approximate surface area is 240 Å². The summed E-state index contributed by atoms with van der Waals surface area (Å²) in [4.78, 5) is 28.2. The number of likely N-dealkylation sites (tertiary alicyclic amines) is 1. The number of hydrogen-bond donors (Lipinski definition) is 1. The van der Waals surface area contributed by atoms with Crippen LogP contribution in [0.5, 0.6) is 11.5 Å². The zero-order chi connectivity index (χ0) is 27.7. The Balaban J connectivity index is 1.08. The molecule has 3 aliphatic rings. The Bertz CT molecular complexity index is 1280. The first-order valence-electron chi connectivity index (χ1n) is 13.9. The van der Waals surface area contributed by atoms with Crippen LogP contribution < -0.4 is 14.8 Å². The number of allylic oxidation sites excluding steroid dienone is 2. The molecule has 2 aliphatic heterocycles. The average Bonchev–Trinajstić information content (AvgIpc) is 3.72. The van der Waals surface area contributed by atoms with Crippen molar-refractivity contribution in [1.29, 1.82) is 0 Å². The van der Waals surface area contributed by atoms with E-state index in [0.29, 0.717) is 50.4 Å². The van der Waals surface area contributed by atoms with Crippen molar-refractivity contribution in [2.75, 3.05) is 13.1 Å². The molecule has 1 saturated heterocycles. The molecule has 1 aliphatic carbocycles. The highest BCUT2D eigenvalue weighted by Crippen LogP contribution is 2.44. The largest absolute Gasteiger partial charge is 0.490 e. The second-order valence-corrected chi connectivity index (χ2v) is 11.9. The number of Topliss-reactive ketones (excluding diaryl/α,β-unsaturated/α-hetero) is 1. The molecule has 39 heavy (non-hydrogen) atoms. The van der Waals surface area contributed by atoms with Gasteiger partial charge in [-0.05, 0) is 101 Å². The van der Waals surface area contributed by atoms with Gasteiger partial charge >= 0.3 is 0 Å². The fraction of sp³-hybridized carbons (Fsp3) is 0.484. The average molecular weight is 572 g/mol. The summed E-state index contributed by atoms with van der Waals surface area (Å²) in [6.07, 6.45) is 5.88. The molecular weight excluding hydrogens is 535 g/mol. The number of piperidine rings is 1. The van der Waals surface area contributed by atoms with Gasteiger partial charge in [-0.25, -0.2) is 0 Å². The van der Waals surface area contributed by atoms with Crippen molar-refractivity contribution >= 4 is 34.9 Å². The van der Waals surface area contributed by atoms with E-state index in [4.69, 9.17) is 32.7 Å². The van der Waals surface area contributed by atoms with Gasteiger partial charge in [-0.3, -0.25) is 9.59 Å². The van der Waals surface area contributed by atoms with Crippen LogP contribution in [0.1, 0.15) is 80.0 Å². The Morgan fingerprint density at radius 3 is 2.51 bits per heavy atom. The summed E-state index contributed by atoms with van der Waals surface area (Å²) in [5, 5.41) is 3.96. The third-order valence-electron chi connectivity index (χ3n) is 8.17. The summed E-state index contributed by atoms with van der Waals surface area (Å²) in [6, 6.07) is 11.1. The molecule has 2 aromatic rings. The van der Waals surface area contributed by atoms with E-state index in [1.54, 1.807) is 18.2 Å². The lowest BCUT2D eigenvalue weighted by Gasteiger charge is -2.36. The second-order valence-electron chi connectivity index (χ2n) is 11.1. The van der Waals surface area contributed by atoms with E-state index >= 15 is 0 Å². The van der Waals surface area contributed by atoms with Crippen LogP contribution in [0.3, 0.4) is 0 Å². The number of carbonyl (C=O) groups excluding carboxylic acids is 2. The van der Waals surface area contributed by atoms with Crippen molar-refractivity contribution < 1.29 is 19.1 Å². The van der Waals surface area contributed by atoms with Crippen molar-refractivity contribution in [1.82, 2.24) is 10.2 Å². The lowest BCUT2D eigenvalue weighted by Crippen LogP contribution is -2.47. The van der Waals surface area contributed by atoms with Crippen LogP contribution in [0.2, 0.25) is 10.0 Å². The van der Waals surface area contributed by atoms with E-state index < -0.39 is 0 Å². The monoisotopic (exact) mass is 570 g/mol. The van der Waals surface area contributed by atoms with Crippen molar-refractivity contribution in [2.45, 2.75) is 77.5 Å². The number of fused-ring (bicyclic) bond motifs is 1. The SMILES string of the molecule is CC(=C1Oc2cccc(OC(C)CCC(C)N3CCC(NC(=O)c4ccc(Cl)c(Cl)c4)CC3)c2C1=O)C1CC1. The summed E-state index contributed by atoms with van der Waals surface area (Å²) < 4.78 is 12.2. The second kappa shape index (κ2) is 11.9. The topological polar surface area (TPSA) is 67.9 Å². The molecule has 1 saturated carbocycles. The van der Waals surface area contributed by atoms with Crippen molar-refractivity contribution in [3.8, 4) is 11.5 Å². The number of amides is 1. The fourth-order valence-electron chi connectivity index (χ4n) is 5.47. The molecule has 1 N–H and O–H groups in total. The number of hydrogen-bond acceptors (Lipinski definition) is 5. The number of ketones is 1. The summed E-state index contributed by atoms with van der Waals surface area (Å²) >= 11 is 12.0. The van der Waals surface area contributed by atoms with Gasteiger partial charge in [0.2, 0.25) is 5.78 Å². The van der Waals surface area contributed by atoms with E-state index in [1.165, 1.54) is 0 Å². The Kier molecular flexibility index (Phi) is 8.55. The molecule has 0 spiro atoms. The molecule has 208 valence electrons. The third-order valence-corrected chi connectivity index (χ3v) is 8.91. The summed E-state index contributed by atoms with van der Waals surface area (Å²) in [6.45, 7) is 8.17. The van der Waals surface area contributed by atoms with E-state index in [-0.39, 0.29) is 23.8 Å². The predicted octanol–water partition coefficient (Wildman–Crippen LogP) is 7.08. The number of carbonyl (C=O) groups is 2. The minimum atomic E-state index is -0.118. The van der Waals surface area contributed by atoms with Crippen molar-refractivity contribution in [2.24, 2.45) is 5.92 Å². The highest BCUT2D eigenvalue weighted by Gasteiger charge is 2.37. The van der Waals surface area contributed by atoms with Gasteiger partial charge in [0.25, 0.3) is 5.91 Å². The molecule has 2 atom stereocenters. The zero-order valence-corrected chi connectivity index (χ0v) is 24.3. The van der Waals surface area contributed by atoms with Gasteiger partial charge in [-0.2, -0.15) is 0 Å². The van der Waals surface area contributed by atoms with Crippen LogP contribution in [-0.4, -0.2) is 47.9 Å².